The Labute approximate surface area is 207 Å². The Hall–Kier alpha value is -3.38. The largest absolute Gasteiger partial charge is 0.481 e. The highest BCUT2D eigenvalue weighted by molar-refractivity contribution is 5.79. The minimum absolute atomic E-state index is 0.0145. The maximum atomic E-state index is 13.0. The molecule has 0 unspecified atom stereocenters. The molecule has 0 saturated heterocycles. The number of benzene rings is 2. The maximum absolute atomic E-state index is 13.0. The Morgan fingerprint density at radius 2 is 1.63 bits per heavy atom. The van der Waals surface area contributed by atoms with Crippen LogP contribution in [0.5, 0.6) is 5.88 Å². The van der Waals surface area contributed by atoms with Crippen LogP contribution in [0.4, 0.5) is 4.79 Å². The maximum Gasteiger partial charge on any atom is 0.407 e. The second-order valence-corrected chi connectivity index (χ2v) is 9.92. The summed E-state index contributed by atoms with van der Waals surface area (Å²) in [4.78, 5) is 17.3. The lowest BCUT2D eigenvalue weighted by molar-refractivity contribution is -0.0173. The first-order valence-electron chi connectivity index (χ1n) is 12.0. The van der Waals surface area contributed by atoms with Crippen molar-refractivity contribution in [2.24, 2.45) is 0 Å². The standard InChI is InChI=1S/C29H34N2O4/c1-19(20-14-15-27(33-5)30-16-20)26(18-35-29(2,3)4)31-28(32)34-17-25-23-12-8-6-10-21(23)22-11-7-9-13-24(22)25/h6-16,19,25-26H,17-18H2,1-5H3,(H,31,32)/t19-,26+/m1/s1. The van der Waals surface area contributed by atoms with Gasteiger partial charge >= 0.3 is 6.09 Å². The zero-order chi connectivity index (χ0) is 25.0. The molecule has 0 fully saturated rings. The van der Waals surface area contributed by atoms with Crippen molar-refractivity contribution >= 4 is 6.09 Å². The van der Waals surface area contributed by atoms with Crippen molar-refractivity contribution in [3.05, 3.63) is 83.6 Å². The molecule has 6 nitrogen and oxygen atoms in total. The molecular weight excluding hydrogens is 440 g/mol. The van der Waals surface area contributed by atoms with Crippen LogP contribution in [-0.2, 0) is 9.47 Å². The van der Waals surface area contributed by atoms with Gasteiger partial charge in [-0.1, -0.05) is 61.5 Å². The highest BCUT2D eigenvalue weighted by Gasteiger charge is 2.30. The van der Waals surface area contributed by atoms with Crippen LogP contribution in [0.3, 0.4) is 0 Å². The molecule has 0 bridgehead atoms. The third-order valence-corrected chi connectivity index (χ3v) is 6.44. The summed E-state index contributed by atoms with van der Waals surface area (Å²) in [6.45, 7) is 8.65. The topological polar surface area (TPSA) is 69.7 Å². The van der Waals surface area contributed by atoms with Gasteiger partial charge in [-0.3, -0.25) is 0 Å². The molecule has 2 aromatic carbocycles. The van der Waals surface area contributed by atoms with Gasteiger partial charge in [-0.15, -0.1) is 0 Å². The van der Waals surface area contributed by atoms with E-state index < -0.39 is 6.09 Å². The van der Waals surface area contributed by atoms with Gasteiger partial charge in [0.2, 0.25) is 5.88 Å². The molecule has 1 amide bonds. The summed E-state index contributed by atoms with van der Waals surface area (Å²) in [5.41, 5.74) is 5.42. The molecule has 4 rings (SSSR count). The summed E-state index contributed by atoms with van der Waals surface area (Å²) in [5.74, 6) is 0.518. The van der Waals surface area contributed by atoms with Gasteiger partial charge < -0.3 is 19.5 Å². The number of hydrogen-bond acceptors (Lipinski definition) is 5. The number of aromatic nitrogens is 1. The van der Waals surface area contributed by atoms with Crippen molar-refractivity contribution in [1.29, 1.82) is 0 Å². The first-order chi connectivity index (χ1) is 16.8. The normalized spacial score (nSPS) is 14.5. The van der Waals surface area contributed by atoms with Crippen molar-refractivity contribution in [1.82, 2.24) is 10.3 Å². The number of rotatable bonds is 8. The van der Waals surface area contributed by atoms with E-state index in [-0.39, 0.29) is 30.1 Å². The van der Waals surface area contributed by atoms with Gasteiger partial charge in [0.1, 0.15) is 6.61 Å². The molecule has 1 N–H and O–H groups in total. The molecule has 0 radical (unpaired) electrons. The van der Waals surface area contributed by atoms with Crippen molar-refractivity contribution in [3.63, 3.8) is 0 Å². The molecule has 1 aliphatic carbocycles. The number of carbonyl (C=O) groups excluding carboxylic acids is 1. The van der Waals surface area contributed by atoms with Crippen LogP contribution in [0.25, 0.3) is 11.1 Å². The lowest BCUT2D eigenvalue weighted by atomic mass is 9.95. The first kappa shape index (κ1) is 24.7. The number of alkyl carbamates (subject to hydrolysis) is 1. The monoisotopic (exact) mass is 474 g/mol. The summed E-state index contributed by atoms with van der Waals surface area (Å²) < 4.78 is 17.0. The average molecular weight is 475 g/mol. The highest BCUT2D eigenvalue weighted by atomic mass is 16.5. The minimum atomic E-state index is -0.456. The molecule has 0 aliphatic heterocycles. The molecule has 184 valence electrons. The predicted molar refractivity (Wildman–Crippen MR) is 137 cm³/mol. The van der Waals surface area contributed by atoms with E-state index in [4.69, 9.17) is 14.2 Å². The number of hydrogen-bond donors (Lipinski definition) is 1. The molecule has 1 aliphatic rings. The molecule has 3 aromatic rings. The second kappa shape index (κ2) is 10.5. The van der Waals surface area contributed by atoms with Gasteiger partial charge in [0.05, 0.1) is 25.4 Å². The number of nitrogens with zero attached hydrogens (tertiary/aromatic N) is 1. The SMILES string of the molecule is COc1ccc([C@@H](C)[C@H](COC(C)(C)C)NC(=O)OCC2c3ccccc3-c3ccccc32)cn1. The number of ether oxygens (including phenoxy) is 3. The number of pyridine rings is 1. The van der Waals surface area contributed by atoms with Crippen LogP contribution in [0, 0.1) is 0 Å². The van der Waals surface area contributed by atoms with Gasteiger partial charge in [-0.2, -0.15) is 0 Å². The van der Waals surface area contributed by atoms with Crippen LogP contribution >= 0.6 is 0 Å². The number of carbonyl (C=O) groups is 1. The van der Waals surface area contributed by atoms with Crippen LogP contribution in [0.1, 0.15) is 56.2 Å². The van der Waals surface area contributed by atoms with Gasteiger partial charge in [0.15, 0.2) is 0 Å². The summed E-state index contributed by atoms with van der Waals surface area (Å²) >= 11 is 0. The van der Waals surface area contributed by atoms with Crippen molar-refractivity contribution < 1.29 is 19.0 Å². The molecule has 0 spiro atoms. The lowest BCUT2D eigenvalue weighted by Gasteiger charge is -2.29. The molecule has 1 heterocycles. The summed E-state index contributed by atoms with van der Waals surface area (Å²) in [5, 5.41) is 3.04. The molecule has 1 aromatic heterocycles. The Morgan fingerprint density at radius 1 is 1.00 bits per heavy atom. The van der Waals surface area contributed by atoms with E-state index in [0.29, 0.717) is 12.5 Å². The molecule has 6 heteroatoms. The second-order valence-electron chi connectivity index (χ2n) is 9.92. The number of methoxy groups -OCH3 is 1. The number of nitrogens with one attached hydrogen (secondary N) is 1. The van der Waals surface area contributed by atoms with Gasteiger partial charge in [0, 0.05) is 24.1 Å². The van der Waals surface area contributed by atoms with Crippen LogP contribution in [0.15, 0.2) is 66.9 Å². The van der Waals surface area contributed by atoms with E-state index in [1.807, 2.05) is 64.1 Å². The Kier molecular flexibility index (Phi) is 7.41. The fraction of sp³-hybridized carbons (Fsp3) is 0.379. The van der Waals surface area contributed by atoms with E-state index in [9.17, 15) is 4.79 Å². The Morgan fingerprint density at radius 3 is 2.17 bits per heavy atom. The first-order valence-corrected chi connectivity index (χ1v) is 12.0. The molecule has 0 saturated carbocycles. The zero-order valence-electron chi connectivity index (χ0n) is 21.1. The summed E-state index contributed by atoms with van der Waals surface area (Å²) in [7, 11) is 1.59. The summed E-state index contributed by atoms with van der Waals surface area (Å²) in [6.07, 6.45) is 1.31. The average Bonchev–Trinajstić information content (AvgIpc) is 3.18. The van der Waals surface area contributed by atoms with Gasteiger partial charge in [-0.25, -0.2) is 9.78 Å². The van der Waals surface area contributed by atoms with Crippen molar-refractivity contribution in [2.75, 3.05) is 20.3 Å². The van der Waals surface area contributed by atoms with Crippen molar-refractivity contribution in [2.45, 2.75) is 51.2 Å². The zero-order valence-corrected chi connectivity index (χ0v) is 21.1. The van der Waals surface area contributed by atoms with E-state index in [0.717, 1.165) is 5.56 Å². The Bertz CT molecular complexity index is 1110. The highest BCUT2D eigenvalue weighted by Crippen LogP contribution is 2.44. The smallest absolute Gasteiger partial charge is 0.407 e. The number of fused-ring (bicyclic) bond motifs is 3. The predicted octanol–water partition coefficient (Wildman–Crippen LogP) is 5.92. The third kappa shape index (κ3) is 5.82. The van der Waals surface area contributed by atoms with E-state index in [2.05, 4.69) is 34.6 Å². The van der Waals surface area contributed by atoms with E-state index in [1.54, 1.807) is 13.3 Å². The number of amides is 1. The summed E-state index contributed by atoms with van der Waals surface area (Å²) in [6, 6.07) is 20.1. The quantitative estimate of drug-likeness (QED) is 0.439. The van der Waals surface area contributed by atoms with E-state index in [1.165, 1.54) is 22.3 Å². The molecule has 2 atom stereocenters. The van der Waals surface area contributed by atoms with Gasteiger partial charge in [0.25, 0.3) is 0 Å². The lowest BCUT2D eigenvalue weighted by Crippen LogP contribution is -2.44. The molecular formula is C29H34N2O4. The fourth-order valence-electron chi connectivity index (χ4n) is 4.46. The Balaban J connectivity index is 1.46. The van der Waals surface area contributed by atoms with Gasteiger partial charge in [-0.05, 0) is 48.6 Å². The van der Waals surface area contributed by atoms with Crippen LogP contribution in [-0.4, -0.2) is 43.0 Å². The van der Waals surface area contributed by atoms with Crippen LogP contribution in [0.2, 0.25) is 0 Å². The molecule has 35 heavy (non-hydrogen) atoms. The third-order valence-electron chi connectivity index (χ3n) is 6.44. The fourth-order valence-corrected chi connectivity index (χ4v) is 4.46. The minimum Gasteiger partial charge on any atom is -0.481 e. The van der Waals surface area contributed by atoms with E-state index >= 15 is 0 Å². The van der Waals surface area contributed by atoms with Crippen LogP contribution < -0.4 is 10.1 Å². The van der Waals surface area contributed by atoms with Crippen molar-refractivity contribution in [3.8, 4) is 17.0 Å².